The van der Waals surface area contributed by atoms with Gasteiger partial charge in [0.15, 0.2) is 0 Å². The molecule has 2 heterocycles. The number of ether oxygens (including phenoxy) is 1. The summed E-state index contributed by atoms with van der Waals surface area (Å²) in [5.74, 6) is -0.247. The molecular weight excluding hydrogens is 228 g/mol. The van der Waals surface area contributed by atoms with Gasteiger partial charge in [0.25, 0.3) is 0 Å². The van der Waals surface area contributed by atoms with Crippen LogP contribution in [0.2, 0.25) is 0 Å². The Hall–Kier alpha value is -1.84. The molecule has 0 bridgehead atoms. The molecule has 0 aliphatic carbocycles. The second-order valence-corrected chi connectivity index (χ2v) is 5.40. The summed E-state index contributed by atoms with van der Waals surface area (Å²) in [5.41, 5.74) is 1.30. The second kappa shape index (κ2) is 4.44. The highest BCUT2D eigenvalue weighted by Gasteiger charge is 2.17. The zero-order valence-electron chi connectivity index (χ0n) is 11.2. The normalized spacial score (nSPS) is 11.8. The lowest BCUT2D eigenvalue weighted by molar-refractivity contribution is -0.155. The highest BCUT2D eigenvalue weighted by Crippen LogP contribution is 2.15. The van der Waals surface area contributed by atoms with Gasteiger partial charge in [-0.2, -0.15) is 0 Å². The predicted molar refractivity (Wildman–Crippen MR) is 70.3 cm³/mol. The third-order valence-electron chi connectivity index (χ3n) is 2.47. The number of carbonyl (C=O) groups is 1. The molecule has 0 aliphatic rings. The summed E-state index contributed by atoms with van der Waals surface area (Å²) in [7, 11) is 0. The van der Waals surface area contributed by atoms with Gasteiger partial charge in [-0.25, -0.2) is 4.98 Å². The van der Waals surface area contributed by atoms with Crippen molar-refractivity contribution in [3.63, 3.8) is 0 Å². The predicted octanol–water partition coefficient (Wildman–Crippen LogP) is 2.69. The molecule has 0 atom stereocenters. The molecular formula is C14H18N2O2. The van der Waals surface area contributed by atoms with Gasteiger partial charge < -0.3 is 9.30 Å². The van der Waals surface area contributed by atoms with E-state index >= 15 is 0 Å². The Morgan fingerprint density at radius 1 is 1.33 bits per heavy atom. The minimum absolute atomic E-state index is 0.192. The quantitative estimate of drug-likeness (QED) is 0.765. The number of nitrogens with zero attached hydrogens (tertiary/aromatic N) is 2. The minimum Gasteiger partial charge on any atom is -0.459 e. The van der Waals surface area contributed by atoms with Crippen LogP contribution < -0.4 is 0 Å². The molecule has 4 nitrogen and oxygen atoms in total. The van der Waals surface area contributed by atoms with Crippen LogP contribution in [-0.2, 0) is 16.1 Å². The van der Waals surface area contributed by atoms with Crippen LogP contribution in [-0.4, -0.2) is 21.1 Å². The number of aromatic nitrogens is 2. The number of rotatable bonds is 2. The standard InChI is InChI=1S/C14H18N2O2/c1-10-5-6-11-7-8-16(13(11)15-10)9-12(17)18-14(2,3)4/h5-8H,9H2,1-4H3. The molecule has 0 amide bonds. The monoisotopic (exact) mass is 246 g/mol. The molecule has 0 aromatic carbocycles. The van der Waals surface area contributed by atoms with Crippen LogP contribution in [0.4, 0.5) is 0 Å². The van der Waals surface area contributed by atoms with Crippen LogP contribution in [0.5, 0.6) is 0 Å². The number of hydrogen-bond acceptors (Lipinski definition) is 3. The zero-order chi connectivity index (χ0) is 13.3. The molecule has 4 heteroatoms. The Bertz CT molecular complexity index is 579. The van der Waals surface area contributed by atoms with Gasteiger partial charge in [-0.3, -0.25) is 4.79 Å². The summed E-state index contributed by atoms with van der Waals surface area (Å²) < 4.78 is 7.12. The molecule has 0 saturated carbocycles. The van der Waals surface area contributed by atoms with E-state index in [1.54, 1.807) is 0 Å². The first kappa shape index (κ1) is 12.6. The second-order valence-electron chi connectivity index (χ2n) is 5.40. The van der Waals surface area contributed by atoms with E-state index in [0.29, 0.717) is 0 Å². The van der Waals surface area contributed by atoms with Gasteiger partial charge in [-0.05, 0) is 45.9 Å². The topological polar surface area (TPSA) is 44.1 Å². The Morgan fingerprint density at radius 3 is 2.72 bits per heavy atom. The number of esters is 1. The summed E-state index contributed by atoms with van der Waals surface area (Å²) in [6.45, 7) is 7.71. The number of aryl methyl sites for hydroxylation is 1. The molecule has 2 aromatic heterocycles. The van der Waals surface area contributed by atoms with Gasteiger partial charge in [0.2, 0.25) is 0 Å². The first-order valence-electron chi connectivity index (χ1n) is 5.99. The third-order valence-corrected chi connectivity index (χ3v) is 2.47. The average Bonchev–Trinajstić information content (AvgIpc) is 2.58. The summed E-state index contributed by atoms with van der Waals surface area (Å²) in [6, 6.07) is 5.91. The minimum atomic E-state index is -0.455. The van der Waals surface area contributed by atoms with Gasteiger partial charge in [0.1, 0.15) is 17.8 Å². The lowest BCUT2D eigenvalue weighted by atomic mass is 10.2. The molecule has 96 valence electrons. The van der Waals surface area contributed by atoms with Crippen LogP contribution >= 0.6 is 0 Å². The Morgan fingerprint density at radius 2 is 2.06 bits per heavy atom. The molecule has 0 fully saturated rings. The van der Waals surface area contributed by atoms with Crippen molar-refractivity contribution >= 4 is 17.0 Å². The number of carbonyl (C=O) groups excluding carboxylic acids is 1. The highest BCUT2D eigenvalue weighted by atomic mass is 16.6. The summed E-state index contributed by atoms with van der Waals surface area (Å²) in [6.07, 6.45) is 1.86. The van der Waals surface area contributed by atoms with Crippen LogP contribution in [0, 0.1) is 6.92 Å². The Labute approximate surface area is 107 Å². The molecule has 18 heavy (non-hydrogen) atoms. The molecule has 2 aromatic rings. The van der Waals surface area contributed by atoms with Crippen molar-refractivity contribution in [2.45, 2.75) is 39.8 Å². The van der Waals surface area contributed by atoms with E-state index in [1.165, 1.54) is 0 Å². The smallest absolute Gasteiger partial charge is 0.326 e. The zero-order valence-corrected chi connectivity index (χ0v) is 11.2. The molecule has 0 spiro atoms. The lowest BCUT2D eigenvalue weighted by Crippen LogP contribution is -2.26. The number of fused-ring (bicyclic) bond motifs is 1. The van der Waals surface area contributed by atoms with Crippen LogP contribution in [0.15, 0.2) is 24.4 Å². The van der Waals surface area contributed by atoms with Crippen molar-refractivity contribution in [2.75, 3.05) is 0 Å². The molecule has 2 rings (SSSR count). The van der Waals surface area contributed by atoms with Gasteiger partial charge in [0.05, 0.1) is 0 Å². The molecule has 0 saturated heterocycles. The molecule has 0 unspecified atom stereocenters. The number of hydrogen-bond donors (Lipinski definition) is 0. The van der Waals surface area contributed by atoms with E-state index in [0.717, 1.165) is 16.7 Å². The van der Waals surface area contributed by atoms with E-state index in [2.05, 4.69) is 4.98 Å². The van der Waals surface area contributed by atoms with Crippen molar-refractivity contribution < 1.29 is 9.53 Å². The highest BCUT2D eigenvalue weighted by molar-refractivity contribution is 5.79. The van der Waals surface area contributed by atoms with Gasteiger partial charge in [0, 0.05) is 17.3 Å². The van der Waals surface area contributed by atoms with Crippen molar-refractivity contribution in [1.29, 1.82) is 0 Å². The van der Waals surface area contributed by atoms with Crippen LogP contribution in [0.3, 0.4) is 0 Å². The summed E-state index contributed by atoms with van der Waals surface area (Å²) >= 11 is 0. The van der Waals surface area contributed by atoms with E-state index in [-0.39, 0.29) is 12.5 Å². The fourth-order valence-corrected chi connectivity index (χ4v) is 1.80. The maximum Gasteiger partial charge on any atom is 0.326 e. The Kier molecular flexibility index (Phi) is 3.11. The third kappa shape index (κ3) is 2.88. The maximum absolute atomic E-state index is 11.8. The largest absolute Gasteiger partial charge is 0.459 e. The fourth-order valence-electron chi connectivity index (χ4n) is 1.80. The van der Waals surface area contributed by atoms with E-state index in [4.69, 9.17) is 4.74 Å². The van der Waals surface area contributed by atoms with Crippen LogP contribution in [0.1, 0.15) is 26.5 Å². The fraction of sp³-hybridized carbons (Fsp3) is 0.429. The van der Waals surface area contributed by atoms with E-state index < -0.39 is 5.60 Å². The van der Waals surface area contributed by atoms with Crippen LogP contribution in [0.25, 0.3) is 11.0 Å². The first-order valence-corrected chi connectivity index (χ1v) is 5.99. The van der Waals surface area contributed by atoms with Gasteiger partial charge in [-0.1, -0.05) is 0 Å². The molecule has 0 aliphatic heterocycles. The average molecular weight is 246 g/mol. The molecule has 0 N–H and O–H groups in total. The SMILES string of the molecule is Cc1ccc2ccn(CC(=O)OC(C)(C)C)c2n1. The number of pyridine rings is 1. The van der Waals surface area contributed by atoms with E-state index in [9.17, 15) is 4.79 Å². The van der Waals surface area contributed by atoms with Crippen molar-refractivity contribution in [2.24, 2.45) is 0 Å². The Balaban J connectivity index is 2.22. The maximum atomic E-state index is 11.8. The summed E-state index contributed by atoms with van der Waals surface area (Å²) in [5, 5.41) is 1.03. The lowest BCUT2D eigenvalue weighted by Gasteiger charge is -2.19. The summed E-state index contributed by atoms with van der Waals surface area (Å²) in [4.78, 5) is 16.2. The van der Waals surface area contributed by atoms with Crippen molar-refractivity contribution in [1.82, 2.24) is 9.55 Å². The van der Waals surface area contributed by atoms with E-state index in [1.807, 2.05) is 56.7 Å². The molecule has 0 radical (unpaired) electrons. The van der Waals surface area contributed by atoms with Crippen molar-refractivity contribution in [3.05, 3.63) is 30.1 Å². The first-order chi connectivity index (χ1) is 8.35. The van der Waals surface area contributed by atoms with Gasteiger partial charge >= 0.3 is 5.97 Å². The van der Waals surface area contributed by atoms with Crippen molar-refractivity contribution in [3.8, 4) is 0 Å². The van der Waals surface area contributed by atoms with Gasteiger partial charge in [-0.15, -0.1) is 0 Å².